The number of carbonyl (C=O) groups is 3. The van der Waals surface area contributed by atoms with Crippen molar-refractivity contribution in [2.45, 2.75) is 38.0 Å². The number of nitrogens with one attached hydrogen (secondary N) is 2. The number of hydrogen-bond acceptors (Lipinski definition) is 9. The second-order valence-electron chi connectivity index (χ2n) is 10.2. The second kappa shape index (κ2) is 14.0. The molecule has 0 aliphatic carbocycles. The highest BCUT2D eigenvalue weighted by Gasteiger charge is 2.27. The summed E-state index contributed by atoms with van der Waals surface area (Å²) in [6, 6.07) is 12.9. The third-order valence-electron chi connectivity index (χ3n) is 7.29. The minimum Gasteiger partial charge on any atom is -0.493 e. The van der Waals surface area contributed by atoms with Crippen molar-refractivity contribution in [3.63, 3.8) is 0 Å². The van der Waals surface area contributed by atoms with Crippen LogP contribution in [0.5, 0.6) is 23.0 Å². The van der Waals surface area contributed by atoms with E-state index < -0.39 is 11.9 Å². The van der Waals surface area contributed by atoms with Gasteiger partial charge in [-0.3, -0.25) is 14.4 Å². The van der Waals surface area contributed by atoms with E-state index in [4.69, 9.17) is 28.1 Å². The Kier molecular flexibility index (Phi) is 9.67. The fourth-order valence-electron chi connectivity index (χ4n) is 5.02. The number of amides is 3. The zero-order chi connectivity index (χ0) is 30.2. The maximum atomic E-state index is 13.9. The molecule has 2 aromatic carbocycles. The first-order valence-electron chi connectivity index (χ1n) is 14.0. The summed E-state index contributed by atoms with van der Waals surface area (Å²) in [7, 11) is 3.03. The fourth-order valence-corrected chi connectivity index (χ4v) is 5.02. The molecular weight excluding hydrogens is 558 g/mol. The van der Waals surface area contributed by atoms with Crippen molar-refractivity contribution in [2.24, 2.45) is 0 Å². The van der Waals surface area contributed by atoms with Gasteiger partial charge < -0.3 is 43.6 Å². The monoisotopic (exact) mass is 593 g/mol. The highest BCUT2D eigenvalue weighted by Crippen LogP contribution is 2.34. The van der Waals surface area contributed by atoms with Crippen LogP contribution in [0.3, 0.4) is 0 Å². The molecule has 0 spiro atoms. The van der Waals surface area contributed by atoms with Gasteiger partial charge in [0.1, 0.15) is 0 Å². The molecule has 0 saturated carbocycles. The van der Waals surface area contributed by atoms with Crippen LogP contribution in [0.1, 0.15) is 47.0 Å². The summed E-state index contributed by atoms with van der Waals surface area (Å²) in [5.74, 6) is 1.07. The molecule has 5 rings (SSSR count). The fraction of sp³-hybridized carbons (Fsp3) is 0.387. The molecule has 2 N–H and O–H groups in total. The Balaban J connectivity index is 1.37. The van der Waals surface area contributed by atoms with E-state index in [1.54, 1.807) is 36.4 Å². The van der Waals surface area contributed by atoms with Crippen molar-refractivity contribution in [1.82, 2.24) is 15.5 Å². The summed E-state index contributed by atoms with van der Waals surface area (Å²) >= 11 is 0. The molecule has 2 aliphatic heterocycles. The maximum Gasteiger partial charge on any atom is 0.287 e. The van der Waals surface area contributed by atoms with E-state index in [2.05, 4.69) is 10.6 Å². The lowest BCUT2D eigenvalue weighted by molar-refractivity contribution is -0.137. The van der Waals surface area contributed by atoms with E-state index in [0.717, 1.165) is 18.4 Å². The minimum atomic E-state index is -0.779. The molecule has 1 aromatic heterocycles. The van der Waals surface area contributed by atoms with E-state index in [1.807, 2.05) is 6.07 Å². The van der Waals surface area contributed by atoms with Crippen LogP contribution in [0.15, 0.2) is 59.2 Å². The number of hydrogen-bond donors (Lipinski definition) is 2. The van der Waals surface area contributed by atoms with Crippen LogP contribution >= 0.6 is 0 Å². The summed E-state index contributed by atoms with van der Waals surface area (Å²) in [5, 5.41) is 5.78. The third-order valence-corrected chi connectivity index (χ3v) is 7.29. The molecule has 0 unspecified atom stereocenters. The smallest absolute Gasteiger partial charge is 0.287 e. The Morgan fingerprint density at radius 3 is 2.60 bits per heavy atom. The first-order valence-corrected chi connectivity index (χ1v) is 14.0. The van der Waals surface area contributed by atoms with Gasteiger partial charge >= 0.3 is 0 Å². The van der Waals surface area contributed by atoms with E-state index >= 15 is 0 Å². The topological polar surface area (TPSA) is 138 Å². The van der Waals surface area contributed by atoms with Gasteiger partial charge in [-0.25, -0.2) is 0 Å². The quantitative estimate of drug-likeness (QED) is 0.306. The van der Waals surface area contributed by atoms with Crippen LogP contribution in [0.25, 0.3) is 0 Å². The highest BCUT2D eigenvalue weighted by atomic mass is 16.7. The lowest BCUT2D eigenvalue weighted by atomic mass is 10.0. The van der Waals surface area contributed by atoms with E-state index in [9.17, 15) is 14.4 Å². The Bertz CT molecular complexity index is 1420. The first kappa shape index (κ1) is 29.8. The molecule has 0 radical (unpaired) electrons. The maximum absolute atomic E-state index is 13.9. The predicted octanol–water partition coefficient (Wildman–Crippen LogP) is 3.21. The number of fused-ring (bicyclic) bond motifs is 1. The number of ether oxygens (including phenoxy) is 5. The summed E-state index contributed by atoms with van der Waals surface area (Å²) in [6.07, 6.45) is 3.05. The molecule has 43 heavy (non-hydrogen) atoms. The van der Waals surface area contributed by atoms with Gasteiger partial charge in [0.25, 0.3) is 5.91 Å². The molecule has 3 heterocycles. The first-order chi connectivity index (χ1) is 20.9. The Morgan fingerprint density at radius 1 is 1.02 bits per heavy atom. The van der Waals surface area contributed by atoms with E-state index in [0.29, 0.717) is 41.7 Å². The van der Waals surface area contributed by atoms with E-state index in [-0.39, 0.29) is 50.0 Å². The van der Waals surface area contributed by atoms with Crippen molar-refractivity contribution in [3.05, 3.63) is 71.7 Å². The van der Waals surface area contributed by atoms with Crippen LogP contribution < -0.4 is 29.6 Å². The van der Waals surface area contributed by atoms with Gasteiger partial charge in [0, 0.05) is 19.7 Å². The third kappa shape index (κ3) is 7.58. The highest BCUT2D eigenvalue weighted by molar-refractivity contribution is 5.92. The molecule has 2 atom stereocenters. The van der Waals surface area contributed by atoms with Gasteiger partial charge in [0.2, 0.25) is 18.6 Å². The normalized spacial score (nSPS) is 15.9. The van der Waals surface area contributed by atoms with Gasteiger partial charge in [-0.2, -0.15) is 0 Å². The van der Waals surface area contributed by atoms with Crippen LogP contribution in [-0.2, 0) is 20.9 Å². The summed E-state index contributed by atoms with van der Waals surface area (Å²) in [6.45, 7) is 1.11. The Hall–Kier alpha value is -4.71. The predicted molar refractivity (Wildman–Crippen MR) is 153 cm³/mol. The molecule has 1 saturated heterocycles. The van der Waals surface area contributed by atoms with Crippen LogP contribution in [0.2, 0.25) is 0 Å². The molecule has 2 aliphatic rings. The minimum absolute atomic E-state index is 0.0341. The Labute approximate surface area is 249 Å². The van der Waals surface area contributed by atoms with Gasteiger partial charge in [-0.05, 0) is 60.4 Å². The molecule has 228 valence electrons. The number of methoxy groups -OCH3 is 2. The summed E-state index contributed by atoms with van der Waals surface area (Å²) in [5.41, 5.74) is 1.36. The molecule has 3 aromatic rings. The average molecular weight is 594 g/mol. The number of furan rings is 1. The lowest BCUT2D eigenvalue weighted by Gasteiger charge is -2.26. The molecular formula is C31H35N3O9. The number of carbonyl (C=O) groups excluding carboxylic acids is 3. The number of rotatable bonds is 13. The largest absolute Gasteiger partial charge is 0.493 e. The SMILES string of the molecule is COc1ccc([C@H](CC(=O)N(CC(=O)NC[C@@H]2CCCO2)Cc2ccc3c(c2)OCO3)NC(=O)c2ccco2)cc1OC. The zero-order valence-electron chi connectivity index (χ0n) is 24.1. The second-order valence-corrected chi connectivity index (χ2v) is 10.2. The van der Waals surface area contributed by atoms with Gasteiger partial charge in [-0.15, -0.1) is 0 Å². The van der Waals surface area contributed by atoms with Gasteiger partial charge in [0.05, 0.1) is 45.6 Å². The number of benzene rings is 2. The van der Waals surface area contributed by atoms with Gasteiger partial charge in [0.15, 0.2) is 28.8 Å². The Morgan fingerprint density at radius 2 is 1.86 bits per heavy atom. The van der Waals surface area contributed by atoms with E-state index in [1.165, 1.54) is 31.4 Å². The van der Waals surface area contributed by atoms with Crippen molar-refractivity contribution in [2.75, 3.05) is 40.7 Å². The zero-order valence-corrected chi connectivity index (χ0v) is 24.1. The van der Waals surface area contributed by atoms with Crippen LogP contribution in [0, 0.1) is 0 Å². The lowest BCUT2D eigenvalue weighted by Crippen LogP contribution is -2.43. The molecule has 12 nitrogen and oxygen atoms in total. The average Bonchev–Trinajstić information content (AvgIpc) is 3.82. The number of nitrogens with zero attached hydrogens (tertiary/aromatic N) is 1. The molecule has 3 amide bonds. The van der Waals surface area contributed by atoms with Crippen molar-refractivity contribution >= 4 is 17.7 Å². The van der Waals surface area contributed by atoms with Gasteiger partial charge in [-0.1, -0.05) is 12.1 Å². The summed E-state index contributed by atoms with van der Waals surface area (Å²) < 4.78 is 32.6. The van der Waals surface area contributed by atoms with Crippen LogP contribution in [-0.4, -0.2) is 69.4 Å². The summed E-state index contributed by atoms with van der Waals surface area (Å²) in [4.78, 5) is 41.4. The molecule has 12 heteroatoms. The molecule has 1 fully saturated rings. The van der Waals surface area contributed by atoms with Crippen molar-refractivity contribution in [3.8, 4) is 23.0 Å². The van der Waals surface area contributed by atoms with Crippen LogP contribution in [0.4, 0.5) is 0 Å². The molecule has 0 bridgehead atoms. The van der Waals surface area contributed by atoms with Crippen molar-refractivity contribution < 1.29 is 42.5 Å². The van der Waals surface area contributed by atoms with Crippen molar-refractivity contribution in [1.29, 1.82) is 0 Å². The standard InChI is InChI=1S/C31H35N3O9/c1-38-24-10-8-21(14-27(24)39-2)23(33-31(37)26-6-4-12-41-26)15-30(36)34(18-29(35)32-16-22-5-3-11-40-22)17-20-7-9-25-28(13-20)43-19-42-25/h4,6-10,12-14,22-23H,3,5,11,15-19H2,1-2H3,(H,32,35)(H,33,37)/t22-,23-/m0/s1.